The molecule has 0 aliphatic carbocycles. The molecule has 16 heavy (non-hydrogen) atoms. The van der Waals surface area contributed by atoms with Crippen LogP contribution in [0, 0.1) is 13.8 Å². The molecule has 5 nitrogen and oxygen atoms in total. The first-order chi connectivity index (χ1) is 7.65. The van der Waals surface area contributed by atoms with E-state index in [4.69, 9.17) is 0 Å². The molecule has 0 spiro atoms. The van der Waals surface area contributed by atoms with E-state index in [1.165, 1.54) is 0 Å². The zero-order valence-corrected chi connectivity index (χ0v) is 10.2. The highest BCUT2D eigenvalue weighted by molar-refractivity contribution is 5.32. The molecule has 1 saturated heterocycles. The van der Waals surface area contributed by atoms with Crippen LogP contribution in [0.4, 0.5) is 5.82 Å². The van der Waals surface area contributed by atoms with Gasteiger partial charge in [0.15, 0.2) is 5.82 Å². The predicted molar refractivity (Wildman–Crippen MR) is 64.2 cm³/mol. The molecule has 2 rings (SSSR count). The number of anilines is 1. The lowest BCUT2D eigenvalue weighted by Crippen LogP contribution is -2.47. The van der Waals surface area contributed by atoms with Gasteiger partial charge < -0.3 is 10.3 Å². The number of hydrazine groups is 1. The minimum atomic E-state index is 0.840. The fourth-order valence-corrected chi connectivity index (χ4v) is 1.68. The average Bonchev–Trinajstić information content (AvgIpc) is 2.27. The van der Waals surface area contributed by atoms with Crippen LogP contribution in [-0.2, 0) is 0 Å². The van der Waals surface area contributed by atoms with Crippen LogP contribution in [0.2, 0.25) is 0 Å². The summed E-state index contributed by atoms with van der Waals surface area (Å²) in [7, 11) is 2.15. The van der Waals surface area contributed by atoms with E-state index < -0.39 is 0 Å². The molecule has 1 fully saturated rings. The van der Waals surface area contributed by atoms with Crippen LogP contribution in [0.15, 0.2) is 6.20 Å². The van der Waals surface area contributed by atoms with Gasteiger partial charge in [0, 0.05) is 26.2 Å². The van der Waals surface area contributed by atoms with Crippen LogP contribution in [-0.4, -0.2) is 53.1 Å². The van der Waals surface area contributed by atoms with Gasteiger partial charge in [-0.1, -0.05) is 0 Å². The van der Waals surface area contributed by atoms with Crippen LogP contribution in [0.1, 0.15) is 11.4 Å². The van der Waals surface area contributed by atoms with Crippen molar-refractivity contribution in [2.24, 2.45) is 0 Å². The lowest BCUT2D eigenvalue weighted by Gasteiger charge is -2.32. The van der Waals surface area contributed by atoms with Crippen molar-refractivity contribution < 1.29 is 0 Å². The Labute approximate surface area is 96.5 Å². The first-order valence-electron chi connectivity index (χ1n) is 5.65. The van der Waals surface area contributed by atoms with Crippen LogP contribution < -0.4 is 5.43 Å². The second-order valence-electron chi connectivity index (χ2n) is 4.33. The topological polar surface area (TPSA) is 44.3 Å². The molecule has 1 aliphatic rings. The van der Waals surface area contributed by atoms with E-state index >= 15 is 0 Å². The fraction of sp³-hybridized carbons (Fsp3) is 0.636. The normalized spacial score (nSPS) is 18.7. The molecule has 0 aromatic carbocycles. The van der Waals surface area contributed by atoms with Crippen molar-refractivity contribution in [2.75, 3.05) is 38.7 Å². The molecule has 5 heteroatoms. The molecular formula is C11H19N5. The third-order valence-electron chi connectivity index (χ3n) is 2.97. The van der Waals surface area contributed by atoms with E-state index in [0.717, 1.165) is 43.4 Å². The number of rotatable bonds is 2. The number of hydrogen-bond acceptors (Lipinski definition) is 5. The van der Waals surface area contributed by atoms with Crippen molar-refractivity contribution in [1.29, 1.82) is 0 Å². The van der Waals surface area contributed by atoms with Crippen molar-refractivity contribution in [3.63, 3.8) is 0 Å². The van der Waals surface area contributed by atoms with Crippen molar-refractivity contribution in [2.45, 2.75) is 13.8 Å². The van der Waals surface area contributed by atoms with Gasteiger partial charge in [-0.2, -0.15) is 0 Å². The summed E-state index contributed by atoms with van der Waals surface area (Å²) in [5.74, 6) is 0.840. The van der Waals surface area contributed by atoms with Gasteiger partial charge in [-0.25, -0.2) is 9.99 Å². The van der Waals surface area contributed by atoms with Gasteiger partial charge in [-0.3, -0.25) is 4.98 Å². The maximum atomic E-state index is 4.46. The fourth-order valence-electron chi connectivity index (χ4n) is 1.68. The Balaban J connectivity index is 1.96. The van der Waals surface area contributed by atoms with E-state index in [9.17, 15) is 0 Å². The van der Waals surface area contributed by atoms with Crippen LogP contribution in [0.25, 0.3) is 0 Å². The van der Waals surface area contributed by atoms with E-state index in [-0.39, 0.29) is 0 Å². The quantitative estimate of drug-likeness (QED) is 0.795. The van der Waals surface area contributed by atoms with Crippen molar-refractivity contribution in [1.82, 2.24) is 19.9 Å². The number of nitrogens with zero attached hydrogens (tertiary/aromatic N) is 4. The molecule has 88 valence electrons. The minimum absolute atomic E-state index is 0.840. The lowest BCUT2D eigenvalue weighted by molar-refractivity contribution is 0.178. The Bertz CT molecular complexity index is 357. The third-order valence-corrected chi connectivity index (χ3v) is 2.97. The maximum absolute atomic E-state index is 4.46. The van der Waals surface area contributed by atoms with Gasteiger partial charge in [-0.05, 0) is 20.9 Å². The second kappa shape index (κ2) is 4.76. The highest BCUT2D eigenvalue weighted by Crippen LogP contribution is 2.08. The summed E-state index contributed by atoms with van der Waals surface area (Å²) in [6, 6.07) is 0. The van der Waals surface area contributed by atoms with E-state index in [2.05, 4.69) is 32.4 Å². The van der Waals surface area contributed by atoms with Gasteiger partial charge >= 0.3 is 0 Å². The standard InChI is InChI=1S/C11H19N5/c1-9-10(2)13-11(8-12-9)14-16-6-4-15(3)5-7-16/h8H,4-7H2,1-3H3,(H,13,14). The molecule has 0 unspecified atom stereocenters. The third kappa shape index (κ3) is 2.68. The average molecular weight is 221 g/mol. The molecule has 0 radical (unpaired) electrons. The first-order valence-corrected chi connectivity index (χ1v) is 5.65. The van der Waals surface area contributed by atoms with Gasteiger partial charge in [0.25, 0.3) is 0 Å². The molecular weight excluding hydrogens is 202 g/mol. The Morgan fingerprint density at radius 3 is 2.44 bits per heavy atom. The smallest absolute Gasteiger partial charge is 0.159 e. The Morgan fingerprint density at radius 1 is 1.12 bits per heavy atom. The summed E-state index contributed by atoms with van der Waals surface area (Å²) in [4.78, 5) is 11.1. The molecule has 1 aromatic rings. The number of aromatic nitrogens is 2. The lowest BCUT2D eigenvalue weighted by atomic mass is 10.3. The number of likely N-dealkylation sites (N-methyl/N-ethyl adjacent to an activating group) is 1. The zero-order chi connectivity index (χ0) is 11.5. The minimum Gasteiger partial charge on any atom is -0.304 e. The van der Waals surface area contributed by atoms with Gasteiger partial charge in [-0.15, -0.1) is 0 Å². The SMILES string of the molecule is Cc1ncc(NN2CCN(C)CC2)nc1C. The zero-order valence-electron chi connectivity index (χ0n) is 10.2. The molecule has 0 saturated carbocycles. The van der Waals surface area contributed by atoms with Crippen LogP contribution >= 0.6 is 0 Å². The van der Waals surface area contributed by atoms with Crippen molar-refractivity contribution in [3.05, 3.63) is 17.6 Å². The summed E-state index contributed by atoms with van der Waals surface area (Å²) in [5.41, 5.74) is 5.28. The van der Waals surface area contributed by atoms with Crippen LogP contribution in [0.5, 0.6) is 0 Å². The summed E-state index contributed by atoms with van der Waals surface area (Å²) >= 11 is 0. The van der Waals surface area contributed by atoms with Gasteiger partial charge in [0.1, 0.15) is 0 Å². The molecule has 1 aromatic heterocycles. The summed E-state index contributed by atoms with van der Waals surface area (Å²) < 4.78 is 0. The highest BCUT2D eigenvalue weighted by Gasteiger charge is 2.13. The highest BCUT2D eigenvalue weighted by atomic mass is 15.5. The summed E-state index contributed by atoms with van der Waals surface area (Å²) in [6.07, 6.45) is 1.79. The molecule has 0 atom stereocenters. The van der Waals surface area contributed by atoms with Crippen molar-refractivity contribution >= 4 is 5.82 Å². The monoisotopic (exact) mass is 221 g/mol. The second-order valence-corrected chi connectivity index (χ2v) is 4.33. The molecule has 0 bridgehead atoms. The Hall–Kier alpha value is -1.20. The number of hydrogen-bond donors (Lipinski definition) is 1. The molecule has 1 aliphatic heterocycles. The number of aryl methyl sites for hydroxylation is 2. The van der Waals surface area contributed by atoms with E-state index in [0.29, 0.717) is 0 Å². The van der Waals surface area contributed by atoms with Crippen molar-refractivity contribution in [3.8, 4) is 0 Å². The van der Waals surface area contributed by atoms with Gasteiger partial charge in [0.05, 0.1) is 17.6 Å². The predicted octanol–water partition coefficient (Wildman–Crippen LogP) is 0.668. The molecule has 0 amide bonds. The largest absolute Gasteiger partial charge is 0.304 e. The van der Waals surface area contributed by atoms with Gasteiger partial charge in [0.2, 0.25) is 0 Å². The Morgan fingerprint density at radius 2 is 1.81 bits per heavy atom. The summed E-state index contributed by atoms with van der Waals surface area (Å²) in [5, 5.41) is 2.19. The first kappa shape index (κ1) is 11.3. The number of nitrogens with one attached hydrogen (secondary N) is 1. The maximum Gasteiger partial charge on any atom is 0.159 e. The molecule has 2 heterocycles. The Kier molecular flexibility index (Phi) is 3.36. The van der Waals surface area contributed by atoms with E-state index in [1.807, 2.05) is 13.8 Å². The molecule has 1 N–H and O–H groups in total. The van der Waals surface area contributed by atoms with E-state index in [1.54, 1.807) is 6.20 Å². The van der Waals surface area contributed by atoms with Crippen LogP contribution in [0.3, 0.4) is 0 Å². The number of piperazine rings is 1. The summed E-state index contributed by atoms with van der Waals surface area (Å²) in [6.45, 7) is 8.17.